The number of hydrogen-bond acceptors (Lipinski definition) is 3. The standard InChI is InChI=1S/C19H24N2O2/c1-5-21(12-18(22)16-9-6-13(2)7-10-16)19(23)17-11-8-14(3)20-15(17)4/h6-11,18,22H,5,12H2,1-4H3. The van der Waals surface area contributed by atoms with E-state index in [1.165, 1.54) is 0 Å². The summed E-state index contributed by atoms with van der Waals surface area (Å²) in [6, 6.07) is 11.4. The molecule has 23 heavy (non-hydrogen) atoms. The topological polar surface area (TPSA) is 53.4 Å². The molecule has 0 radical (unpaired) electrons. The lowest BCUT2D eigenvalue weighted by atomic mass is 10.1. The van der Waals surface area contributed by atoms with Gasteiger partial charge in [0.15, 0.2) is 0 Å². The van der Waals surface area contributed by atoms with E-state index in [9.17, 15) is 9.90 Å². The van der Waals surface area contributed by atoms with E-state index in [1.54, 1.807) is 11.0 Å². The van der Waals surface area contributed by atoms with Gasteiger partial charge in [0.2, 0.25) is 0 Å². The Kier molecular flexibility index (Phi) is 5.50. The molecule has 0 saturated carbocycles. The van der Waals surface area contributed by atoms with Crippen LogP contribution in [0.5, 0.6) is 0 Å². The molecule has 1 aromatic heterocycles. The molecule has 1 unspecified atom stereocenters. The third-order valence-electron chi connectivity index (χ3n) is 3.98. The van der Waals surface area contributed by atoms with Crippen molar-refractivity contribution in [2.75, 3.05) is 13.1 Å². The van der Waals surface area contributed by atoms with Crippen molar-refractivity contribution < 1.29 is 9.90 Å². The molecule has 0 fully saturated rings. The van der Waals surface area contributed by atoms with Crippen molar-refractivity contribution in [1.82, 2.24) is 9.88 Å². The zero-order valence-electron chi connectivity index (χ0n) is 14.2. The predicted molar refractivity (Wildman–Crippen MR) is 91.4 cm³/mol. The number of hydrogen-bond donors (Lipinski definition) is 1. The van der Waals surface area contributed by atoms with Crippen LogP contribution in [0.3, 0.4) is 0 Å². The minimum Gasteiger partial charge on any atom is -0.387 e. The van der Waals surface area contributed by atoms with Gasteiger partial charge in [-0.05, 0) is 45.4 Å². The number of aryl methyl sites for hydroxylation is 3. The van der Waals surface area contributed by atoms with Crippen LogP contribution in [0.15, 0.2) is 36.4 Å². The Morgan fingerprint density at radius 1 is 1.13 bits per heavy atom. The number of aliphatic hydroxyl groups excluding tert-OH is 1. The average molecular weight is 312 g/mol. The van der Waals surface area contributed by atoms with E-state index in [2.05, 4.69) is 4.98 Å². The van der Waals surface area contributed by atoms with Gasteiger partial charge in [0.05, 0.1) is 23.9 Å². The van der Waals surface area contributed by atoms with E-state index < -0.39 is 6.10 Å². The highest BCUT2D eigenvalue weighted by Crippen LogP contribution is 2.17. The van der Waals surface area contributed by atoms with Crippen molar-refractivity contribution in [3.05, 3.63) is 64.5 Å². The van der Waals surface area contributed by atoms with Gasteiger partial charge in [-0.25, -0.2) is 0 Å². The van der Waals surface area contributed by atoms with Crippen LogP contribution < -0.4 is 0 Å². The van der Waals surface area contributed by atoms with Gasteiger partial charge in [-0.3, -0.25) is 9.78 Å². The molecule has 4 nitrogen and oxygen atoms in total. The largest absolute Gasteiger partial charge is 0.387 e. The summed E-state index contributed by atoms with van der Waals surface area (Å²) < 4.78 is 0. The molecule has 0 aliphatic heterocycles. The minimum atomic E-state index is -0.696. The van der Waals surface area contributed by atoms with Crippen LogP contribution in [0.25, 0.3) is 0 Å². The Balaban J connectivity index is 2.15. The van der Waals surface area contributed by atoms with Crippen molar-refractivity contribution in [2.45, 2.75) is 33.8 Å². The second-order valence-corrected chi connectivity index (χ2v) is 5.86. The Morgan fingerprint density at radius 2 is 1.78 bits per heavy atom. The summed E-state index contributed by atoms with van der Waals surface area (Å²) in [6.45, 7) is 8.47. The van der Waals surface area contributed by atoms with Crippen molar-refractivity contribution in [1.29, 1.82) is 0 Å². The van der Waals surface area contributed by atoms with Crippen LogP contribution in [0.1, 0.15) is 45.9 Å². The molecule has 2 rings (SSSR count). The quantitative estimate of drug-likeness (QED) is 0.922. The molecular formula is C19H24N2O2. The number of carbonyl (C=O) groups excluding carboxylic acids is 1. The Bertz CT molecular complexity index is 680. The molecule has 2 aromatic rings. The first-order valence-corrected chi connectivity index (χ1v) is 7.90. The van der Waals surface area contributed by atoms with E-state index in [1.807, 2.05) is 58.0 Å². The lowest BCUT2D eigenvalue weighted by Gasteiger charge is -2.25. The second-order valence-electron chi connectivity index (χ2n) is 5.86. The van der Waals surface area contributed by atoms with E-state index in [0.717, 1.165) is 22.5 Å². The maximum absolute atomic E-state index is 12.7. The van der Waals surface area contributed by atoms with Gasteiger partial charge < -0.3 is 10.0 Å². The highest BCUT2D eigenvalue weighted by molar-refractivity contribution is 5.95. The summed E-state index contributed by atoms with van der Waals surface area (Å²) in [5.74, 6) is -0.0938. The highest BCUT2D eigenvalue weighted by Gasteiger charge is 2.20. The summed E-state index contributed by atoms with van der Waals surface area (Å²) in [5.41, 5.74) is 4.17. The number of benzene rings is 1. The number of nitrogens with zero attached hydrogens (tertiary/aromatic N) is 2. The predicted octanol–water partition coefficient (Wildman–Crippen LogP) is 3.20. The zero-order chi connectivity index (χ0) is 17.0. The second kappa shape index (κ2) is 7.38. The summed E-state index contributed by atoms with van der Waals surface area (Å²) in [4.78, 5) is 18.7. The van der Waals surface area contributed by atoms with E-state index in [0.29, 0.717) is 12.1 Å². The molecule has 1 aromatic carbocycles. The molecular weight excluding hydrogens is 288 g/mol. The molecule has 0 spiro atoms. The normalized spacial score (nSPS) is 12.0. The Hall–Kier alpha value is -2.20. The third kappa shape index (κ3) is 4.17. The lowest BCUT2D eigenvalue weighted by molar-refractivity contribution is 0.0633. The first kappa shape index (κ1) is 17.2. The summed E-state index contributed by atoms with van der Waals surface area (Å²) in [6.07, 6.45) is -0.696. The van der Waals surface area contributed by atoms with Gasteiger partial charge in [0, 0.05) is 12.2 Å². The van der Waals surface area contributed by atoms with Gasteiger partial charge in [-0.1, -0.05) is 29.8 Å². The molecule has 122 valence electrons. The van der Waals surface area contributed by atoms with Gasteiger partial charge in [0.25, 0.3) is 5.91 Å². The fourth-order valence-electron chi connectivity index (χ4n) is 2.54. The van der Waals surface area contributed by atoms with Crippen LogP contribution in [-0.2, 0) is 0 Å². The molecule has 0 aliphatic carbocycles. The van der Waals surface area contributed by atoms with Crippen molar-refractivity contribution >= 4 is 5.91 Å². The monoisotopic (exact) mass is 312 g/mol. The summed E-state index contributed by atoms with van der Waals surface area (Å²) in [5, 5.41) is 10.4. The molecule has 0 aliphatic rings. The SMILES string of the molecule is CCN(CC(O)c1ccc(C)cc1)C(=O)c1ccc(C)nc1C. The maximum Gasteiger partial charge on any atom is 0.255 e. The summed E-state index contributed by atoms with van der Waals surface area (Å²) >= 11 is 0. The first-order chi connectivity index (χ1) is 10.9. The fraction of sp³-hybridized carbons (Fsp3) is 0.368. The molecule has 1 heterocycles. The number of aromatic nitrogens is 1. The number of likely N-dealkylation sites (N-methyl/N-ethyl adjacent to an activating group) is 1. The van der Waals surface area contributed by atoms with Crippen LogP contribution >= 0.6 is 0 Å². The van der Waals surface area contributed by atoms with Crippen molar-refractivity contribution in [2.24, 2.45) is 0 Å². The summed E-state index contributed by atoms with van der Waals surface area (Å²) in [7, 11) is 0. The third-order valence-corrected chi connectivity index (χ3v) is 3.98. The fourth-order valence-corrected chi connectivity index (χ4v) is 2.54. The number of carbonyl (C=O) groups is 1. The van der Waals surface area contributed by atoms with Crippen LogP contribution in [0.4, 0.5) is 0 Å². The smallest absolute Gasteiger partial charge is 0.255 e. The minimum absolute atomic E-state index is 0.0938. The van der Waals surface area contributed by atoms with Crippen molar-refractivity contribution in [3.63, 3.8) is 0 Å². The van der Waals surface area contributed by atoms with Gasteiger partial charge in [-0.15, -0.1) is 0 Å². The van der Waals surface area contributed by atoms with Crippen LogP contribution in [0, 0.1) is 20.8 Å². The van der Waals surface area contributed by atoms with Gasteiger partial charge in [0.1, 0.15) is 0 Å². The zero-order valence-corrected chi connectivity index (χ0v) is 14.2. The molecule has 1 atom stereocenters. The molecule has 0 bridgehead atoms. The molecule has 0 saturated heterocycles. The van der Waals surface area contributed by atoms with Gasteiger partial charge in [-0.2, -0.15) is 0 Å². The van der Waals surface area contributed by atoms with E-state index >= 15 is 0 Å². The number of rotatable bonds is 5. The van der Waals surface area contributed by atoms with Crippen molar-refractivity contribution in [3.8, 4) is 0 Å². The lowest BCUT2D eigenvalue weighted by Crippen LogP contribution is -2.35. The van der Waals surface area contributed by atoms with Crippen LogP contribution in [0.2, 0.25) is 0 Å². The van der Waals surface area contributed by atoms with Crippen LogP contribution in [-0.4, -0.2) is 34.0 Å². The average Bonchev–Trinajstić information content (AvgIpc) is 2.52. The number of pyridine rings is 1. The Labute approximate surface area is 137 Å². The Morgan fingerprint density at radius 3 is 2.35 bits per heavy atom. The van der Waals surface area contributed by atoms with Gasteiger partial charge >= 0.3 is 0 Å². The van der Waals surface area contributed by atoms with E-state index in [-0.39, 0.29) is 12.5 Å². The number of aliphatic hydroxyl groups is 1. The maximum atomic E-state index is 12.7. The van der Waals surface area contributed by atoms with E-state index in [4.69, 9.17) is 0 Å². The number of amides is 1. The molecule has 1 amide bonds. The molecule has 4 heteroatoms. The highest BCUT2D eigenvalue weighted by atomic mass is 16.3. The first-order valence-electron chi connectivity index (χ1n) is 7.90. The molecule has 1 N–H and O–H groups in total.